The van der Waals surface area contributed by atoms with Crippen molar-refractivity contribution >= 4 is 17.3 Å². The van der Waals surface area contributed by atoms with Gasteiger partial charge in [-0.25, -0.2) is 9.37 Å². The van der Waals surface area contributed by atoms with Crippen molar-refractivity contribution in [1.82, 2.24) is 15.2 Å². The van der Waals surface area contributed by atoms with Gasteiger partial charge >= 0.3 is 0 Å². The van der Waals surface area contributed by atoms with E-state index >= 15 is 0 Å². The topological polar surface area (TPSA) is 103 Å². The number of halogens is 1. The first-order valence-electron chi connectivity index (χ1n) is 11.2. The Morgan fingerprint density at radius 1 is 1.38 bits per heavy atom. The lowest BCUT2D eigenvalue weighted by Crippen LogP contribution is -2.58. The van der Waals surface area contributed by atoms with Crippen molar-refractivity contribution < 1.29 is 9.18 Å². The molecular formula is C24H27FN6O. The number of aromatic nitrogens is 1. The molecule has 0 radical (unpaired) electrons. The molecule has 166 valence electrons. The number of carbonyl (C=O) groups excluding carboxylic acids is 1. The molecule has 7 nitrogen and oxygen atoms in total. The highest BCUT2D eigenvalue weighted by Gasteiger charge is 2.60. The lowest BCUT2D eigenvalue weighted by atomic mass is 9.74. The molecule has 1 aromatic carbocycles. The van der Waals surface area contributed by atoms with Crippen molar-refractivity contribution in [3.8, 4) is 6.07 Å². The van der Waals surface area contributed by atoms with Gasteiger partial charge < -0.3 is 10.6 Å². The van der Waals surface area contributed by atoms with Gasteiger partial charge in [-0.2, -0.15) is 5.26 Å². The number of rotatable bonds is 5. The summed E-state index contributed by atoms with van der Waals surface area (Å²) >= 11 is 0. The van der Waals surface area contributed by atoms with Crippen LogP contribution in [0, 0.1) is 17.1 Å². The van der Waals surface area contributed by atoms with Gasteiger partial charge in [0.1, 0.15) is 23.2 Å². The largest absolute Gasteiger partial charge is 0.385 e. The second kappa shape index (κ2) is 7.84. The van der Waals surface area contributed by atoms with Gasteiger partial charge in [0.15, 0.2) is 5.78 Å². The average molecular weight is 435 g/mol. The minimum atomic E-state index is -0.898. The molecule has 2 aromatic rings. The van der Waals surface area contributed by atoms with E-state index in [-0.39, 0.29) is 29.7 Å². The van der Waals surface area contributed by atoms with Crippen LogP contribution in [0.5, 0.6) is 0 Å². The number of ketones is 1. The monoisotopic (exact) mass is 434 g/mol. The molecule has 0 amide bonds. The molecule has 0 saturated carbocycles. The summed E-state index contributed by atoms with van der Waals surface area (Å²) in [7, 11) is 0. The van der Waals surface area contributed by atoms with Gasteiger partial charge in [-0.1, -0.05) is 0 Å². The van der Waals surface area contributed by atoms with Gasteiger partial charge in [-0.05, 0) is 68.6 Å². The fraction of sp³-hybridized carbons (Fsp3) is 0.458. The zero-order valence-electron chi connectivity index (χ0n) is 18.3. The van der Waals surface area contributed by atoms with Crippen molar-refractivity contribution in [2.24, 2.45) is 0 Å². The van der Waals surface area contributed by atoms with Crippen LogP contribution in [0.15, 0.2) is 30.5 Å². The maximum Gasteiger partial charge on any atom is 0.176 e. The quantitative estimate of drug-likeness (QED) is 0.622. The number of likely N-dealkylation sites (tertiary alicyclic amines) is 1. The Morgan fingerprint density at radius 3 is 2.94 bits per heavy atom. The number of Topliss-reactive ketones (excluding diaryl/α,β-unsaturated/α-hetero) is 1. The Morgan fingerprint density at radius 2 is 2.22 bits per heavy atom. The van der Waals surface area contributed by atoms with Crippen LogP contribution in [0.25, 0.3) is 0 Å². The summed E-state index contributed by atoms with van der Waals surface area (Å²) in [5, 5.41) is 19.0. The number of anilines is 2. The molecule has 8 heteroatoms. The summed E-state index contributed by atoms with van der Waals surface area (Å²) in [6.07, 6.45) is 3.42. The number of hydrogen-bond acceptors (Lipinski definition) is 7. The summed E-state index contributed by atoms with van der Waals surface area (Å²) < 4.78 is 14.6. The molecule has 3 N–H and O–H groups in total. The van der Waals surface area contributed by atoms with Crippen LogP contribution in [0.3, 0.4) is 0 Å². The predicted octanol–water partition coefficient (Wildman–Crippen LogP) is 2.91. The highest BCUT2D eigenvalue weighted by molar-refractivity contribution is 6.00. The molecule has 4 atom stereocenters. The van der Waals surface area contributed by atoms with E-state index in [1.54, 1.807) is 24.4 Å². The number of nitrogens with zero attached hydrogens (tertiary/aromatic N) is 3. The van der Waals surface area contributed by atoms with Crippen molar-refractivity contribution in [3.05, 3.63) is 53.0 Å². The van der Waals surface area contributed by atoms with Crippen molar-refractivity contribution in [3.63, 3.8) is 0 Å². The minimum absolute atomic E-state index is 0.0400. The molecule has 32 heavy (non-hydrogen) atoms. The first-order chi connectivity index (χ1) is 15.5. The Labute approximate surface area is 187 Å². The predicted molar refractivity (Wildman–Crippen MR) is 120 cm³/mol. The SMILES string of the molecule is CCNc1cc(F)cc2c1C1NC1C(=O)C2(C)N1CCC[C@@H](Nc2ccc(C#N)cn2)C1. The number of nitrogens with one attached hydrogen (secondary N) is 3. The Balaban J connectivity index is 1.46. The van der Waals surface area contributed by atoms with E-state index in [9.17, 15) is 9.18 Å². The summed E-state index contributed by atoms with van der Waals surface area (Å²) in [6.45, 7) is 6.03. The summed E-state index contributed by atoms with van der Waals surface area (Å²) in [6, 6.07) is 8.54. The molecule has 2 fully saturated rings. The molecule has 3 heterocycles. The van der Waals surface area contributed by atoms with E-state index in [0.29, 0.717) is 24.5 Å². The Kier molecular flexibility index (Phi) is 5.11. The first kappa shape index (κ1) is 20.9. The average Bonchev–Trinajstić information content (AvgIpc) is 3.59. The van der Waals surface area contributed by atoms with Gasteiger partial charge in [0.2, 0.25) is 0 Å². The van der Waals surface area contributed by atoms with E-state index in [2.05, 4.69) is 31.9 Å². The van der Waals surface area contributed by atoms with Gasteiger partial charge in [0, 0.05) is 31.0 Å². The van der Waals surface area contributed by atoms with Crippen LogP contribution in [-0.4, -0.2) is 47.4 Å². The highest BCUT2D eigenvalue weighted by atomic mass is 19.1. The van der Waals surface area contributed by atoms with E-state index in [0.717, 1.165) is 36.2 Å². The van der Waals surface area contributed by atoms with Crippen molar-refractivity contribution in [2.75, 3.05) is 30.3 Å². The third-order valence-electron chi connectivity index (χ3n) is 6.99. The number of nitriles is 1. The van der Waals surface area contributed by atoms with Crippen LogP contribution in [0.4, 0.5) is 15.9 Å². The summed E-state index contributed by atoms with van der Waals surface area (Å²) in [5.41, 5.74) is 2.17. The van der Waals surface area contributed by atoms with Gasteiger partial charge in [-0.15, -0.1) is 0 Å². The lowest BCUT2D eigenvalue weighted by molar-refractivity contribution is -0.132. The molecule has 1 aliphatic carbocycles. The summed E-state index contributed by atoms with van der Waals surface area (Å²) in [5.74, 6) is 0.493. The second-order valence-corrected chi connectivity index (χ2v) is 8.98. The van der Waals surface area contributed by atoms with Crippen LogP contribution < -0.4 is 16.0 Å². The second-order valence-electron chi connectivity index (χ2n) is 8.98. The van der Waals surface area contributed by atoms with Gasteiger partial charge in [0.05, 0.1) is 17.6 Å². The van der Waals surface area contributed by atoms with E-state index < -0.39 is 5.54 Å². The molecule has 0 bridgehead atoms. The lowest BCUT2D eigenvalue weighted by Gasteiger charge is -2.47. The van der Waals surface area contributed by atoms with E-state index in [4.69, 9.17) is 5.26 Å². The van der Waals surface area contributed by atoms with Crippen molar-refractivity contribution in [1.29, 1.82) is 5.26 Å². The van der Waals surface area contributed by atoms with E-state index in [1.165, 1.54) is 6.07 Å². The molecule has 5 rings (SSSR count). The number of pyridine rings is 1. The molecule has 0 spiro atoms. The number of benzene rings is 1. The standard InChI is InChI=1S/C24H27FN6O/c1-3-27-18-10-15(25)9-17-20(18)21-22(30-21)23(32)24(17,2)31-8-4-5-16(13-31)29-19-7-6-14(11-26)12-28-19/h6-7,9-10,12,16,21-22,27,30H,3-5,8,13H2,1-2H3,(H,28,29)/t16-,21?,22?,24?/m1/s1. The summed E-state index contributed by atoms with van der Waals surface area (Å²) in [4.78, 5) is 20.1. The highest BCUT2D eigenvalue weighted by Crippen LogP contribution is 2.51. The molecule has 2 aliphatic heterocycles. The maximum atomic E-state index is 14.6. The number of fused-ring (bicyclic) bond motifs is 3. The normalized spacial score (nSPS) is 28.9. The van der Waals surface area contributed by atoms with Crippen LogP contribution >= 0.6 is 0 Å². The third-order valence-corrected chi connectivity index (χ3v) is 6.99. The fourth-order valence-corrected chi connectivity index (χ4v) is 5.32. The molecule has 1 aromatic heterocycles. The van der Waals surface area contributed by atoms with Crippen LogP contribution in [0.2, 0.25) is 0 Å². The van der Waals surface area contributed by atoms with Crippen LogP contribution in [0.1, 0.15) is 49.4 Å². The molecule has 3 aliphatic rings. The van der Waals surface area contributed by atoms with Gasteiger partial charge in [0.25, 0.3) is 0 Å². The Bertz CT molecular complexity index is 1100. The Hall–Kier alpha value is -3.02. The molecule has 2 saturated heterocycles. The minimum Gasteiger partial charge on any atom is -0.385 e. The third kappa shape index (κ3) is 3.33. The zero-order valence-corrected chi connectivity index (χ0v) is 18.3. The van der Waals surface area contributed by atoms with Crippen LogP contribution in [-0.2, 0) is 10.3 Å². The first-order valence-corrected chi connectivity index (χ1v) is 11.2. The smallest absolute Gasteiger partial charge is 0.176 e. The van der Waals surface area contributed by atoms with E-state index in [1.807, 2.05) is 13.8 Å². The zero-order chi connectivity index (χ0) is 22.5. The number of piperidine rings is 1. The molecule has 3 unspecified atom stereocenters. The number of hydrogen-bond donors (Lipinski definition) is 3. The maximum absolute atomic E-state index is 14.6. The van der Waals surface area contributed by atoms with Crippen molar-refractivity contribution in [2.45, 2.75) is 50.4 Å². The van der Waals surface area contributed by atoms with Gasteiger partial charge in [-0.3, -0.25) is 15.0 Å². The molecular weight excluding hydrogens is 407 g/mol. The number of carbonyl (C=O) groups is 1. The fourth-order valence-electron chi connectivity index (χ4n) is 5.32.